The maximum atomic E-state index is 4.14. The van der Waals surface area contributed by atoms with Crippen molar-refractivity contribution in [1.82, 2.24) is 9.55 Å². The Bertz CT molecular complexity index is 499. The van der Waals surface area contributed by atoms with Crippen molar-refractivity contribution in [2.24, 2.45) is 0 Å². The first kappa shape index (κ1) is 8.53. The van der Waals surface area contributed by atoms with Crippen molar-refractivity contribution in [1.29, 1.82) is 0 Å². The summed E-state index contributed by atoms with van der Waals surface area (Å²) in [5.74, 6) is 0. The van der Waals surface area contributed by atoms with Gasteiger partial charge < -0.3 is 9.88 Å². The second-order valence-electron chi connectivity index (χ2n) is 3.92. The predicted molar refractivity (Wildman–Crippen MR) is 60.5 cm³/mol. The number of rotatable bonds is 1. The Kier molecular flexibility index (Phi) is 1.78. The van der Waals surface area contributed by atoms with Crippen LogP contribution in [0, 0.1) is 6.92 Å². The van der Waals surface area contributed by atoms with Crippen molar-refractivity contribution in [2.45, 2.75) is 13.3 Å². The number of anilines is 1. The molecule has 3 heteroatoms. The Hall–Kier alpha value is -1.77. The summed E-state index contributed by atoms with van der Waals surface area (Å²) in [6.45, 7) is 3.13. The number of nitrogens with zero attached hydrogens (tertiary/aromatic N) is 2. The number of fused-ring (bicyclic) bond motifs is 1. The normalized spacial score (nSPS) is 13.7. The van der Waals surface area contributed by atoms with Crippen molar-refractivity contribution in [3.63, 3.8) is 0 Å². The number of nitrogens with one attached hydrogen (secondary N) is 1. The largest absolute Gasteiger partial charge is 0.384 e. The molecule has 0 saturated heterocycles. The van der Waals surface area contributed by atoms with E-state index in [-0.39, 0.29) is 0 Å². The van der Waals surface area contributed by atoms with Gasteiger partial charge in [0.1, 0.15) is 0 Å². The summed E-state index contributed by atoms with van der Waals surface area (Å²) in [5, 5.41) is 3.36. The fraction of sp³-hybridized carbons (Fsp3) is 0.250. The number of aryl methyl sites for hydroxylation is 1. The lowest BCUT2D eigenvalue weighted by molar-refractivity contribution is 0.999. The zero-order valence-electron chi connectivity index (χ0n) is 8.70. The average molecular weight is 199 g/mol. The van der Waals surface area contributed by atoms with Gasteiger partial charge in [0.2, 0.25) is 0 Å². The van der Waals surface area contributed by atoms with E-state index in [1.54, 1.807) is 0 Å². The molecule has 0 saturated carbocycles. The van der Waals surface area contributed by atoms with E-state index < -0.39 is 0 Å². The van der Waals surface area contributed by atoms with Crippen LogP contribution in [0.25, 0.3) is 5.69 Å². The Balaban J connectivity index is 2.11. The van der Waals surface area contributed by atoms with Gasteiger partial charge in [-0.1, -0.05) is 0 Å². The van der Waals surface area contributed by atoms with Crippen LogP contribution in [0.1, 0.15) is 11.3 Å². The van der Waals surface area contributed by atoms with Crippen molar-refractivity contribution in [3.05, 3.63) is 42.0 Å². The first-order valence-electron chi connectivity index (χ1n) is 5.21. The fourth-order valence-corrected chi connectivity index (χ4v) is 2.07. The minimum Gasteiger partial charge on any atom is -0.384 e. The van der Waals surface area contributed by atoms with E-state index in [1.165, 1.54) is 22.6 Å². The zero-order chi connectivity index (χ0) is 10.3. The van der Waals surface area contributed by atoms with Crippen molar-refractivity contribution in [2.75, 3.05) is 11.9 Å². The summed E-state index contributed by atoms with van der Waals surface area (Å²) in [6, 6.07) is 6.52. The smallest absolute Gasteiger partial charge is 0.0994 e. The summed E-state index contributed by atoms with van der Waals surface area (Å²) in [6.07, 6.45) is 4.86. The van der Waals surface area contributed by atoms with Gasteiger partial charge in [-0.15, -0.1) is 0 Å². The third-order valence-electron chi connectivity index (χ3n) is 2.90. The van der Waals surface area contributed by atoms with Crippen LogP contribution < -0.4 is 5.32 Å². The Morgan fingerprint density at radius 2 is 2.33 bits per heavy atom. The van der Waals surface area contributed by atoms with E-state index >= 15 is 0 Å². The highest BCUT2D eigenvalue weighted by atomic mass is 15.0. The molecule has 3 nitrogen and oxygen atoms in total. The highest BCUT2D eigenvalue weighted by Gasteiger charge is 2.10. The van der Waals surface area contributed by atoms with Crippen LogP contribution in [0.5, 0.6) is 0 Å². The Morgan fingerprint density at radius 3 is 3.13 bits per heavy atom. The molecule has 0 atom stereocenters. The summed E-state index contributed by atoms with van der Waals surface area (Å²) in [7, 11) is 0. The molecule has 0 spiro atoms. The van der Waals surface area contributed by atoms with E-state index in [1.807, 2.05) is 12.5 Å². The first-order valence-corrected chi connectivity index (χ1v) is 5.21. The molecular formula is C12H13N3. The zero-order valence-corrected chi connectivity index (χ0v) is 8.70. The van der Waals surface area contributed by atoms with E-state index in [2.05, 4.69) is 40.0 Å². The third-order valence-corrected chi connectivity index (χ3v) is 2.90. The lowest BCUT2D eigenvalue weighted by Crippen LogP contribution is -1.95. The average Bonchev–Trinajstić information content (AvgIpc) is 2.84. The van der Waals surface area contributed by atoms with Gasteiger partial charge in [0.05, 0.1) is 6.33 Å². The molecule has 0 fully saturated rings. The van der Waals surface area contributed by atoms with Gasteiger partial charge in [-0.3, -0.25) is 0 Å². The summed E-state index contributed by atoms with van der Waals surface area (Å²) < 4.78 is 2.11. The summed E-state index contributed by atoms with van der Waals surface area (Å²) in [4.78, 5) is 4.14. The fourth-order valence-electron chi connectivity index (χ4n) is 2.07. The molecule has 1 aromatic carbocycles. The summed E-state index contributed by atoms with van der Waals surface area (Å²) in [5.41, 5.74) is 5.05. The van der Waals surface area contributed by atoms with Crippen LogP contribution in [0.2, 0.25) is 0 Å². The maximum absolute atomic E-state index is 4.14. The van der Waals surface area contributed by atoms with Gasteiger partial charge in [0.25, 0.3) is 0 Å². The van der Waals surface area contributed by atoms with Crippen LogP contribution in [-0.4, -0.2) is 16.1 Å². The van der Waals surface area contributed by atoms with Crippen LogP contribution >= 0.6 is 0 Å². The lowest BCUT2D eigenvalue weighted by Gasteiger charge is -2.07. The highest BCUT2D eigenvalue weighted by molar-refractivity contribution is 5.59. The van der Waals surface area contributed by atoms with Crippen LogP contribution in [-0.2, 0) is 6.42 Å². The van der Waals surface area contributed by atoms with E-state index in [4.69, 9.17) is 0 Å². The topological polar surface area (TPSA) is 29.9 Å². The van der Waals surface area contributed by atoms with Crippen molar-refractivity contribution in [3.8, 4) is 5.69 Å². The van der Waals surface area contributed by atoms with Crippen molar-refractivity contribution >= 4 is 5.69 Å². The standard InChI is InChI=1S/C12H13N3/c1-9-7-13-8-15(9)11-2-3-12-10(6-11)4-5-14-12/h2-3,6-8,14H,4-5H2,1H3. The van der Waals surface area contributed by atoms with Gasteiger partial charge in [0.15, 0.2) is 0 Å². The minimum atomic E-state index is 1.06. The molecule has 0 amide bonds. The van der Waals surface area contributed by atoms with Gasteiger partial charge in [0, 0.05) is 29.8 Å². The quantitative estimate of drug-likeness (QED) is 0.762. The van der Waals surface area contributed by atoms with Crippen molar-refractivity contribution < 1.29 is 0 Å². The van der Waals surface area contributed by atoms with E-state index in [0.717, 1.165) is 13.0 Å². The van der Waals surface area contributed by atoms with E-state index in [0.29, 0.717) is 0 Å². The number of imidazole rings is 1. The third kappa shape index (κ3) is 1.31. The number of hydrogen-bond donors (Lipinski definition) is 1. The van der Waals surface area contributed by atoms with Gasteiger partial charge in [-0.2, -0.15) is 0 Å². The molecule has 1 aliphatic heterocycles. The minimum absolute atomic E-state index is 1.06. The van der Waals surface area contributed by atoms with Gasteiger partial charge in [-0.05, 0) is 37.1 Å². The van der Waals surface area contributed by atoms with Crippen LogP contribution in [0.4, 0.5) is 5.69 Å². The van der Waals surface area contributed by atoms with Crippen LogP contribution in [0.15, 0.2) is 30.7 Å². The first-order chi connectivity index (χ1) is 7.34. The predicted octanol–water partition coefficient (Wildman–Crippen LogP) is 2.15. The molecule has 1 aliphatic rings. The SMILES string of the molecule is Cc1cncn1-c1ccc2c(c1)CCN2. The second-order valence-corrected chi connectivity index (χ2v) is 3.92. The molecular weight excluding hydrogens is 186 g/mol. The Labute approximate surface area is 88.8 Å². The highest BCUT2D eigenvalue weighted by Crippen LogP contribution is 2.25. The van der Waals surface area contributed by atoms with Gasteiger partial charge in [-0.25, -0.2) is 4.98 Å². The molecule has 0 unspecified atom stereocenters. The number of aromatic nitrogens is 2. The number of benzene rings is 1. The monoisotopic (exact) mass is 199 g/mol. The molecule has 0 bridgehead atoms. The number of hydrogen-bond acceptors (Lipinski definition) is 2. The second kappa shape index (κ2) is 3.12. The molecule has 2 aromatic rings. The molecule has 0 radical (unpaired) electrons. The lowest BCUT2D eigenvalue weighted by atomic mass is 10.1. The summed E-state index contributed by atoms with van der Waals surface area (Å²) >= 11 is 0. The molecule has 2 heterocycles. The molecule has 76 valence electrons. The Morgan fingerprint density at radius 1 is 1.40 bits per heavy atom. The molecule has 3 rings (SSSR count). The molecule has 1 N–H and O–H groups in total. The maximum Gasteiger partial charge on any atom is 0.0994 e. The van der Waals surface area contributed by atoms with Gasteiger partial charge >= 0.3 is 0 Å². The van der Waals surface area contributed by atoms with E-state index in [9.17, 15) is 0 Å². The molecule has 15 heavy (non-hydrogen) atoms. The molecule has 1 aromatic heterocycles. The molecule has 0 aliphatic carbocycles. The van der Waals surface area contributed by atoms with Crippen LogP contribution in [0.3, 0.4) is 0 Å².